The lowest BCUT2D eigenvalue weighted by atomic mass is 10.1. The van der Waals surface area contributed by atoms with Gasteiger partial charge in [-0.15, -0.1) is 0 Å². The fourth-order valence-corrected chi connectivity index (χ4v) is 4.81. The molecule has 0 bridgehead atoms. The van der Waals surface area contributed by atoms with Crippen molar-refractivity contribution in [3.63, 3.8) is 0 Å². The Bertz CT molecular complexity index is 1550. The van der Waals surface area contributed by atoms with Gasteiger partial charge in [-0.05, 0) is 43.5 Å². The number of rotatable bonds is 7. The number of pyridine rings is 2. The van der Waals surface area contributed by atoms with E-state index in [9.17, 15) is 9.59 Å². The lowest BCUT2D eigenvalue weighted by molar-refractivity contribution is 0.0369. The highest BCUT2D eigenvalue weighted by Gasteiger charge is 2.20. The van der Waals surface area contributed by atoms with E-state index in [4.69, 9.17) is 15.1 Å². The average Bonchev–Trinajstić information content (AvgIpc) is 2.91. The minimum absolute atomic E-state index is 0.0515. The molecule has 1 aliphatic rings. The molecule has 1 aliphatic heterocycles. The van der Waals surface area contributed by atoms with Gasteiger partial charge >= 0.3 is 0 Å². The maximum Gasteiger partial charge on any atom is 0.267 e. The number of hydrogen-bond acceptors (Lipinski definition) is 6. The number of ether oxygens (including phenoxy) is 1. The van der Waals surface area contributed by atoms with Gasteiger partial charge in [0.2, 0.25) is 0 Å². The summed E-state index contributed by atoms with van der Waals surface area (Å²) in [7, 11) is 0. The Kier molecular flexibility index (Phi) is 7.16. The first kappa shape index (κ1) is 24.9. The minimum Gasteiger partial charge on any atom is -0.379 e. The van der Waals surface area contributed by atoms with Crippen molar-refractivity contribution in [1.82, 2.24) is 24.2 Å². The van der Waals surface area contributed by atoms with Crippen LogP contribution in [0.5, 0.6) is 0 Å². The van der Waals surface area contributed by atoms with Crippen molar-refractivity contribution in [2.45, 2.75) is 32.9 Å². The third-order valence-electron chi connectivity index (χ3n) is 6.91. The van der Waals surface area contributed by atoms with Gasteiger partial charge in [0.25, 0.3) is 11.5 Å². The van der Waals surface area contributed by atoms with Crippen LogP contribution < -0.4 is 16.4 Å². The van der Waals surface area contributed by atoms with E-state index >= 15 is 0 Å². The maximum absolute atomic E-state index is 13.5. The Balaban J connectivity index is 1.56. The molecule has 1 fully saturated rings. The quantitative estimate of drug-likeness (QED) is 0.380. The number of amides is 1. The molecule has 9 heteroatoms. The van der Waals surface area contributed by atoms with Crippen molar-refractivity contribution < 1.29 is 9.53 Å². The lowest BCUT2D eigenvalue weighted by Crippen LogP contribution is -2.38. The van der Waals surface area contributed by atoms with Crippen molar-refractivity contribution >= 4 is 22.6 Å². The summed E-state index contributed by atoms with van der Waals surface area (Å²) in [6, 6.07) is 14.6. The molecule has 9 nitrogen and oxygen atoms in total. The standard InChI is InChI=1S/C28H32N6O3/c1-19-9-10-24-31-26-23(28(36)34(24)18-19)17-22(27(35)30-20(2)21-7-4-3-5-8-21)25(29)33(26)12-6-11-32-13-15-37-16-14-32/h3-5,7-10,17-18,20,29H,6,11-16H2,1-2H3,(H,30,35)/t20-/m1/s1. The molecule has 1 saturated heterocycles. The van der Waals surface area contributed by atoms with Crippen LogP contribution in [0.2, 0.25) is 0 Å². The molecule has 5 rings (SSSR count). The monoisotopic (exact) mass is 500 g/mol. The van der Waals surface area contributed by atoms with Crippen LogP contribution in [0.4, 0.5) is 0 Å². The highest BCUT2D eigenvalue weighted by atomic mass is 16.5. The summed E-state index contributed by atoms with van der Waals surface area (Å²) in [5, 5.41) is 12.3. The van der Waals surface area contributed by atoms with Crippen LogP contribution in [-0.4, -0.2) is 57.6 Å². The van der Waals surface area contributed by atoms with Crippen LogP contribution in [0.15, 0.2) is 59.5 Å². The molecular weight excluding hydrogens is 468 g/mol. The highest BCUT2D eigenvalue weighted by Crippen LogP contribution is 2.15. The Morgan fingerprint density at radius 2 is 1.89 bits per heavy atom. The number of nitrogens with zero attached hydrogens (tertiary/aromatic N) is 4. The summed E-state index contributed by atoms with van der Waals surface area (Å²) in [6.45, 7) is 8.32. The van der Waals surface area contributed by atoms with Crippen molar-refractivity contribution in [1.29, 1.82) is 5.41 Å². The van der Waals surface area contributed by atoms with Gasteiger partial charge in [0.05, 0.1) is 30.2 Å². The van der Waals surface area contributed by atoms with Gasteiger partial charge < -0.3 is 14.6 Å². The summed E-state index contributed by atoms with van der Waals surface area (Å²) < 4.78 is 8.66. The van der Waals surface area contributed by atoms with Gasteiger partial charge in [-0.1, -0.05) is 36.4 Å². The zero-order valence-corrected chi connectivity index (χ0v) is 21.2. The van der Waals surface area contributed by atoms with Crippen LogP contribution in [0.3, 0.4) is 0 Å². The lowest BCUT2D eigenvalue weighted by Gasteiger charge is -2.26. The Labute approximate surface area is 214 Å². The number of aryl methyl sites for hydroxylation is 2. The molecule has 0 aliphatic carbocycles. The zero-order chi connectivity index (χ0) is 25.9. The molecule has 4 aromatic rings. The fourth-order valence-electron chi connectivity index (χ4n) is 4.81. The Morgan fingerprint density at radius 1 is 1.14 bits per heavy atom. The van der Waals surface area contributed by atoms with Crippen LogP contribution in [-0.2, 0) is 11.3 Å². The molecule has 1 atom stereocenters. The first-order valence-corrected chi connectivity index (χ1v) is 12.7. The molecular formula is C28H32N6O3. The molecule has 4 heterocycles. The van der Waals surface area contributed by atoms with Crippen molar-refractivity contribution in [3.05, 3.63) is 87.3 Å². The predicted octanol–water partition coefficient (Wildman–Crippen LogP) is 2.65. The van der Waals surface area contributed by atoms with Gasteiger partial charge in [-0.2, -0.15) is 0 Å². The summed E-state index contributed by atoms with van der Waals surface area (Å²) in [6.07, 6.45) is 2.50. The van der Waals surface area contributed by atoms with Gasteiger partial charge in [0.1, 0.15) is 16.8 Å². The molecule has 1 aromatic carbocycles. The number of nitrogens with one attached hydrogen (secondary N) is 2. The number of carbonyl (C=O) groups is 1. The maximum atomic E-state index is 13.5. The second-order valence-corrected chi connectivity index (χ2v) is 9.56. The highest BCUT2D eigenvalue weighted by molar-refractivity contribution is 5.97. The SMILES string of the molecule is Cc1ccc2nc3c(cc(C(=O)N[C@H](C)c4ccccc4)c(=N)n3CCCN3CCOCC3)c(=O)n2c1. The first-order chi connectivity index (χ1) is 17.9. The number of fused-ring (bicyclic) bond motifs is 2. The normalized spacial score (nSPS) is 15.2. The molecule has 3 aromatic heterocycles. The second kappa shape index (κ2) is 10.7. The van der Waals surface area contributed by atoms with E-state index in [-0.39, 0.29) is 28.6 Å². The van der Waals surface area contributed by atoms with E-state index < -0.39 is 0 Å². The van der Waals surface area contributed by atoms with Gasteiger partial charge in [0, 0.05) is 32.4 Å². The minimum atomic E-state index is -0.390. The average molecular weight is 501 g/mol. The largest absolute Gasteiger partial charge is 0.379 e. The molecule has 0 unspecified atom stereocenters. The van der Waals surface area contributed by atoms with Crippen LogP contribution in [0.25, 0.3) is 16.7 Å². The van der Waals surface area contributed by atoms with E-state index in [0.717, 1.165) is 50.4 Å². The van der Waals surface area contributed by atoms with E-state index in [0.29, 0.717) is 23.2 Å². The molecule has 1 amide bonds. The molecule has 37 heavy (non-hydrogen) atoms. The third-order valence-corrected chi connectivity index (χ3v) is 6.91. The van der Waals surface area contributed by atoms with E-state index in [1.807, 2.05) is 50.2 Å². The summed E-state index contributed by atoms with van der Waals surface area (Å²) in [5.74, 6) is -0.390. The first-order valence-electron chi connectivity index (χ1n) is 12.7. The van der Waals surface area contributed by atoms with Crippen molar-refractivity contribution in [3.8, 4) is 0 Å². The number of benzene rings is 1. The van der Waals surface area contributed by atoms with Gasteiger partial charge in [-0.3, -0.25) is 24.3 Å². The van der Waals surface area contributed by atoms with E-state index in [1.165, 1.54) is 10.5 Å². The molecule has 0 radical (unpaired) electrons. The molecule has 0 spiro atoms. The predicted molar refractivity (Wildman–Crippen MR) is 142 cm³/mol. The van der Waals surface area contributed by atoms with Crippen LogP contribution >= 0.6 is 0 Å². The molecule has 2 N–H and O–H groups in total. The van der Waals surface area contributed by atoms with Crippen molar-refractivity contribution in [2.75, 3.05) is 32.8 Å². The smallest absolute Gasteiger partial charge is 0.267 e. The number of hydrogen-bond donors (Lipinski definition) is 2. The third kappa shape index (κ3) is 5.19. The van der Waals surface area contributed by atoms with Crippen LogP contribution in [0, 0.1) is 12.3 Å². The topological polar surface area (TPSA) is 105 Å². The zero-order valence-electron chi connectivity index (χ0n) is 21.2. The Hall–Kier alpha value is -3.82. The van der Waals surface area contributed by atoms with Crippen LogP contribution in [0.1, 0.15) is 40.9 Å². The van der Waals surface area contributed by atoms with Gasteiger partial charge in [0.15, 0.2) is 0 Å². The number of morpholine rings is 1. The number of carbonyl (C=O) groups excluding carboxylic acids is 1. The summed E-state index contributed by atoms with van der Waals surface area (Å²) in [4.78, 5) is 34.0. The van der Waals surface area contributed by atoms with Crippen molar-refractivity contribution in [2.24, 2.45) is 0 Å². The second-order valence-electron chi connectivity index (χ2n) is 9.56. The molecule has 192 valence electrons. The van der Waals surface area contributed by atoms with E-state index in [2.05, 4.69) is 10.2 Å². The number of aromatic nitrogens is 3. The van der Waals surface area contributed by atoms with E-state index in [1.54, 1.807) is 16.8 Å². The summed E-state index contributed by atoms with van der Waals surface area (Å²) >= 11 is 0. The summed E-state index contributed by atoms with van der Waals surface area (Å²) in [5.41, 5.74) is 2.79. The fraction of sp³-hybridized carbons (Fsp3) is 0.357. The Morgan fingerprint density at radius 3 is 2.65 bits per heavy atom. The van der Waals surface area contributed by atoms with Gasteiger partial charge in [-0.25, -0.2) is 4.98 Å². The molecule has 0 saturated carbocycles.